The number of nitrogens with one attached hydrogen (secondary N) is 4. The number of nitrogens with zero attached hydrogens (tertiary/aromatic N) is 2. The Labute approximate surface area is 336 Å². The van der Waals surface area contributed by atoms with Crippen LogP contribution < -0.4 is 21.3 Å². The molecule has 2 aliphatic carbocycles. The van der Waals surface area contributed by atoms with Crippen LogP contribution in [0.2, 0.25) is 0 Å². The molecule has 5 rings (SSSR count). The number of amides is 6. The molecular weight excluding hydrogens is 729 g/mol. The lowest BCUT2D eigenvalue weighted by molar-refractivity contribution is -0.143. The number of fused-ring (bicyclic) bond motifs is 1. The minimum atomic E-state index is -1.17. The first-order valence-electron chi connectivity index (χ1n) is 20.1. The van der Waals surface area contributed by atoms with E-state index < -0.39 is 71.8 Å². The molecule has 1 heterocycles. The average Bonchev–Trinajstić information content (AvgIpc) is 3.65. The van der Waals surface area contributed by atoms with E-state index in [2.05, 4.69) is 35.1 Å². The van der Waals surface area contributed by atoms with Crippen molar-refractivity contribution in [3.8, 4) is 0 Å². The SMILES string of the molecule is CCC.CN(C)C(=O)[C@@H](NC(=O)CNC(=O)C(=O)C(CC1CC1)NC(=O)[C@@H]1CCCN1C(=O)[C@@H](NC(=O)OC(C)(C)C)C1Cc2ccccc2C1)c1ccccc1. The van der Waals surface area contributed by atoms with Crippen LogP contribution in [0, 0.1) is 11.8 Å². The third-order valence-electron chi connectivity index (χ3n) is 9.99. The Bertz CT molecular complexity index is 1730. The van der Waals surface area contributed by atoms with Crippen molar-refractivity contribution in [2.24, 2.45) is 11.8 Å². The normalized spacial score (nSPS) is 17.7. The molecule has 1 aliphatic heterocycles. The smallest absolute Gasteiger partial charge is 0.408 e. The van der Waals surface area contributed by atoms with E-state index in [0.717, 1.165) is 24.0 Å². The number of rotatable bonds is 14. The van der Waals surface area contributed by atoms with Gasteiger partial charge in [0.05, 0.1) is 12.6 Å². The van der Waals surface area contributed by atoms with E-state index in [1.165, 1.54) is 16.2 Å². The van der Waals surface area contributed by atoms with Crippen LogP contribution in [0.5, 0.6) is 0 Å². The third-order valence-corrected chi connectivity index (χ3v) is 9.99. The Balaban J connectivity index is 0.00000232. The number of hydrogen-bond donors (Lipinski definition) is 4. The van der Waals surface area contributed by atoms with Crippen molar-refractivity contribution in [3.05, 3.63) is 71.3 Å². The zero-order valence-corrected chi connectivity index (χ0v) is 34.4. The molecule has 1 saturated carbocycles. The van der Waals surface area contributed by atoms with Gasteiger partial charge in [0.15, 0.2) is 0 Å². The fourth-order valence-corrected chi connectivity index (χ4v) is 7.12. The number of alkyl carbamates (subject to hydrolysis) is 1. The maximum atomic E-state index is 14.3. The highest BCUT2D eigenvalue weighted by atomic mass is 16.6. The summed E-state index contributed by atoms with van der Waals surface area (Å²) in [6.07, 6.45) is 4.46. The van der Waals surface area contributed by atoms with Gasteiger partial charge in [-0.2, -0.15) is 0 Å². The maximum absolute atomic E-state index is 14.3. The van der Waals surface area contributed by atoms with Crippen LogP contribution >= 0.6 is 0 Å². The lowest BCUT2D eigenvalue weighted by Gasteiger charge is -2.32. The molecule has 57 heavy (non-hydrogen) atoms. The minimum absolute atomic E-state index is 0.145. The van der Waals surface area contributed by atoms with E-state index in [-0.39, 0.29) is 30.7 Å². The lowest BCUT2D eigenvalue weighted by Crippen LogP contribution is -2.58. The summed E-state index contributed by atoms with van der Waals surface area (Å²) in [5, 5.41) is 10.5. The number of Topliss-reactive ketones (excluding diaryl/α,β-unsaturated/α-hetero) is 1. The maximum Gasteiger partial charge on any atom is 0.408 e. The Kier molecular flexibility index (Phi) is 15.8. The Morgan fingerprint density at radius 3 is 2.00 bits per heavy atom. The van der Waals surface area contributed by atoms with Crippen molar-refractivity contribution in [2.45, 2.75) is 116 Å². The van der Waals surface area contributed by atoms with Crippen LogP contribution in [0.25, 0.3) is 0 Å². The van der Waals surface area contributed by atoms with Gasteiger partial charge in [-0.25, -0.2) is 4.79 Å². The number of carbonyl (C=O) groups is 7. The number of hydrogen-bond acceptors (Lipinski definition) is 8. The third kappa shape index (κ3) is 12.9. The second-order valence-electron chi connectivity index (χ2n) is 16.4. The first-order chi connectivity index (χ1) is 27.0. The van der Waals surface area contributed by atoms with Gasteiger partial charge >= 0.3 is 6.09 Å². The zero-order valence-electron chi connectivity index (χ0n) is 34.4. The summed E-state index contributed by atoms with van der Waals surface area (Å²) >= 11 is 0. The van der Waals surface area contributed by atoms with Gasteiger partial charge in [0.25, 0.3) is 5.91 Å². The van der Waals surface area contributed by atoms with E-state index in [0.29, 0.717) is 31.2 Å². The molecule has 0 aromatic heterocycles. The van der Waals surface area contributed by atoms with Crippen LogP contribution in [-0.4, -0.2) is 102 Å². The van der Waals surface area contributed by atoms with Crippen molar-refractivity contribution < 1.29 is 38.3 Å². The fraction of sp³-hybridized carbons (Fsp3) is 0.558. The number of ketones is 1. The summed E-state index contributed by atoms with van der Waals surface area (Å²) < 4.78 is 5.51. The summed E-state index contributed by atoms with van der Waals surface area (Å²) in [6, 6.07) is 12.5. The summed E-state index contributed by atoms with van der Waals surface area (Å²) in [4.78, 5) is 96.3. The first kappa shape index (κ1) is 44.4. The van der Waals surface area contributed by atoms with E-state index in [4.69, 9.17) is 4.74 Å². The molecule has 2 fully saturated rings. The van der Waals surface area contributed by atoms with Crippen LogP contribution in [0.15, 0.2) is 54.6 Å². The van der Waals surface area contributed by atoms with Crippen molar-refractivity contribution in [1.29, 1.82) is 0 Å². The molecule has 6 amide bonds. The highest BCUT2D eigenvalue weighted by molar-refractivity contribution is 6.38. The largest absolute Gasteiger partial charge is 0.444 e. The minimum Gasteiger partial charge on any atom is -0.444 e. The molecule has 0 radical (unpaired) electrons. The number of carbonyl (C=O) groups excluding carboxylic acids is 7. The molecule has 2 aromatic rings. The summed E-state index contributed by atoms with van der Waals surface area (Å²) in [5.41, 5.74) is 1.95. The molecule has 3 aliphatic rings. The summed E-state index contributed by atoms with van der Waals surface area (Å²) in [6.45, 7) is 9.17. The van der Waals surface area contributed by atoms with Crippen LogP contribution in [0.4, 0.5) is 4.79 Å². The topological polar surface area (TPSA) is 183 Å². The van der Waals surface area contributed by atoms with Gasteiger partial charge < -0.3 is 35.8 Å². The van der Waals surface area contributed by atoms with Crippen molar-refractivity contribution >= 4 is 41.4 Å². The van der Waals surface area contributed by atoms with Crippen LogP contribution in [-0.2, 0) is 46.3 Å². The highest BCUT2D eigenvalue weighted by Crippen LogP contribution is 2.34. The van der Waals surface area contributed by atoms with Gasteiger partial charge in [-0.3, -0.25) is 28.8 Å². The Morgan fingerprint density at radius 1 is 0.842 bits per heavy atom. The van der Waals surface area contributed by atoms with E-state index in [9.17, 15) is 33.6 Å². The molecule has 4 atom stereocenters. The second kappa shape index (κ2) is 20.2. The number of likely N-dealkylation sites (tertiary alicyclic amines) is 1. The predicted octanol–water partition coefficient (Wildman–Crippen LogP) is 3.62. The van der Waals surface area contributed by atoms with Crippen molar-refractivity contribution in [3.63, 3.8) is 0 Å². The molecule has 2 aromatic carbocycles. The quantitative estimate of drug-likeness (QED) is 0.210. The summed E-state index contributed by atoms with van der Waals surface area (Å²) in [7, 11) is 3.13. The van der Waals surface area contributed by atoms with Crippen molar-refractivity contribution in [2.75, 3.05) is 27.2 Å². The molecular formula is C43H60N6O8. The van der Waals surface area contributed by atoms with Gasteiger partial charge in [-0.05, 0) is 81.4 Å². The summed E-state index contributed by atoms with van der Waals surface area (Å²) in [5.74, 6) is -4.10. The van der Waals surface area contributed by atoms with E-state index in [1.807, 2.05) is 24.3 Å². The second-order valence-corrected chi connectivity index (χ2v) is 16.4. The predicted molar refractivity (Wildman–Crippen MR) is 215 cm³/mol. The standard InChI is InChI=1S/C40H52N6O8.C3H8/c1-40(2,3)54-39(53)44-33(28-21-26-14-9-10-15-27(26)22-28)38(52)46-19-11-16-30(46)35(49)42-29(20-24-17-18-24)34(48)36(50)41-23-31(47)43-32(37(51)45(4)5)25-12-7-6-8-13-25;1-3-2/h6-10,12-15,24,28-30,32-33H,11,16-23H2,1-5H3,(H,41,50)(H,42,49)(H,43,47)(H,44,53);3H2,1-2H3/t29?,30-,32-,33-;/m0./s1. The first-order valence-corrected chi connectivity index (χ1v) is 20.1. The molecule has 14 nitrogen and oxygen atoms in total. The lowest BCUT2D eigenvalue weighted by atomic mass is 9.95. The molecule has 0 bridgehead atoms. The average molecular weight is 789 g/mol. The highest BCUT2D eigenvalue weighted by Gasteiger charge is 2.44. The van der Waals surface area contributed by atoms with Crippen LogP contribution in [0.3, 0.4) is 0 Å². The van der Waals surface area contributed by atoms with Gasteiger partial charge in [-0.1, -0.05) is 87.7 Å². The van der Waals surface area contributed by atoms with E-state index in [1.54, 1.807) is 65.2 Å². The Hall–Kier alpha value is -5.27. The molecule has 4 N–H and O–H groups in total. The molecule has 0 spiro atoms. The van der Waals surface area contributed by atoms with E-state index >= 15 is 0 Å². The number of benzene rings is 2. The van der Waals surface area contributed by atoms with Gasteiger partial charge in [0, 0.05) is 20.6 Å². The van der Waals surface area contributed by atoms with Gasteiger partial charge in [-0.15, -0.1) is 0 Å². The number of likely N-dealkylation sites (N-methyl/N-ethyl adjacent to an activating group) is 1. The van der Waals surface area contributed by atoms with Crippen molar-refractivity contribution in [1.82, 2.24) is 31.1 Å². The molecule has 1 unspecified atom stereocenters. The fourth-order valence-electron chi connectivity index (χ4n) is 7.12. The zero-order chi connectivity index (χ0) is 41.9. The monoisotopic (exact) mass is 788 g/mol. The molecule has 1 saturated heterocycles. The number of ether oxygens (including phenoxy) is 1. The molecule has 310 valence electrons. The van der Waals surface area contributed by atoms with Crippen LogP contribution in [0.1, 0.15) is 95.9 Å². The Morgan fingerprint density at radius 2 is 1.44 bits per heavy atom. The van der Waals surface area contributed by atoms with Gasteiger partial charge in [0.1, 0.15) is 23.7 Å². The molecule has 14 heteroatoms. The van der Waals surface area contributed by atoms with Gasteiger partial charge in [0.2, 0.25) is 29.4 Å².